The largest absolute Gasteiger partial charge is 0.476 e. The van der Waals surface area contributed by atoms with E-state index >= 15 is 0 Å². The SMILES string of the molecule is NC(=O)NC(=O)Cn1nnc(C(=O)O)c1-c1ccncc1. The zero-order valence-corrected chi connectivity index (χ0v) is 10.6. The Bertz CT molecular complexity index is 696. The van der Waals surface area contributed by atoms with Crippen molar-refractivity contribution in [2.75, 3.05) is 0 Å². The Labute approximate surface area is 117 Å². The lowest BCUT2D eigenvalue weighted by Gasteiger charge is -2.06. The molecule has 2 heterocycles. The molecule has 0 unspecified atom stereocenters. The molecule has 0 aliphatic rings. The number of aromatic carboxylic acids is 1. The van der Waals surface area contributed by atoms with Gasteiger partial charge in [0.2, 0.25) is 5.91 Å². The van der Waals surface area contributed by atoms with Crippen LogP contribution in [0.5, 0.6) is 0 Å². The fraction of sp³-hybridized carbons (Fsp3) is 0.0909. The number of aromatic nitrogens is 4. The van der Waals surface area contributed by atoms with Crippen molar-refractivity contribution in [1.29, 1.82) is 0 Å². The molecule has 4 N–H and O–H groups in total. The summed E-state index contributed by atoms with van der Waals surface area (Å²) in [6.07, 6.45) is 2.92. The van der Waals surface area contributed by atoms with Gasteiger partial charge in [0.05, 0.1) is 0 Å². The van der Waals surface area contributed by atoms with E-state index < -0.39 is 24.5 Å². The van der Waals surface area contributed by atoms with Gasteiger partial charge in [0.25, 0.3) is 0 Å². The molecule has 0 atom stereocenters. The first-order valence-corrected chi connectivity index (χ1v) is 5.65. The van der Waals surface area contributed by atoms with Crippen LogP contribution in [0.25, 0.3) is 11.3 Å². The maximum atomic E-state index is 11.5. The number of hydrogen-bond donors (Lipinski definition) is 3. The number of rotatable bonds is 4. The molecule has 10 nitrogen and oxygen atoms in total. The van der Waals surface area contributed by atoms with Crippen molar-refractivity contribution in [3.8, 4) is 11.3 Å². The van der Waals surface area contributed by atoms with Gasteiger partial charge in [-0.1, -0.05) is 5.21 Å². The van der Waals surface area contributed by atoms with Crippen LogP contribution in [0, 0.1) is 0 Å². The first-order chi connectivity index (χ1) is 9.99. The molecule has 3 amide bonds. The molecule has 108 valence electrons. The summed E-state index contributed by atoms with van der Waals surface area (Å²) < 4.78 is 1.07. The quantitative estimate of drug-likeness (QED) is 0.668. The van der Waals surface area contributed by atoms with Gasteiger partial charge in [-0.2, -0.15) is 0 Å². The van der Waals surface area contributed by atoms with Gasteiger partial charge in [0.15, 0.2) is 5.69 Å². The van der Waals surface area contributed by atoms with Crippen molar-refractivity contribution in [3.05, 3.63) is 30.2 Å². The van der Waals surface area contributed by atoms with Crippen LogP contribution in [0.15, 0.2) is 24.5 Å². The Morgan fingerprint density at radius 2 is 1.95 bits per heavy atom. The summed E-state index contributed by atoms with van der Waals surface area (Å²) >= 11 is 0. The molecule has 2 rings (SSSR count). The van der Waals surface area contributed by atoms with Gasteiger partial charge in [-0.05, 0) is 12.1 Å². The van der Waals surface area contributed by atoms with Crippen LogP contribution in [-0.2, 0) is 11.3 Å². The highest BCUT2D eigenvalue weighted by atomic mass is 16.4. The first-order valence-electron chi connectivity index (χ1n) is 5.65. The molecule has 0 bridgehead atoms. The minimum Gasteiger partial charge on any atom is -0.476 e. The molecule has 0 saturated carbocycles. The zero-order valence-electron chi connectivity index (χ0n) is 10.6. The number of imide groups is 1. The van der Waals surface area contributed by atoms with Crippen LogP contribution in [-0.4, -0.2) is 43.0 Å². The third-order valence-corrected chi connectivity index (χ3v) is 2.45. The van der Waals surface area contributed by atoms with E-state index in [9.17, 15) is 14.4 Å². The average molecular weight is 290 g/mol. The van der Waals surface area contributed by atoms with Crippen molar-refractivity contribution in [1.82, 2.24) is 25.3 Å². The Balaban J connectivity index is 2.41. The van der Waals surface area contributed by atoms with Crippen molar-refractivity contribution in [2.24, 2.45) is 5.73 Å². The van der Waals surface area contributed by atoms with E-state index in [1.165, 1.54) is 12.4 Å². The Morgan fingerprint density at radius 1 is 1.29 bits per heavy atom. The highest BCUT2D eigenvalue weighted by Crippen LogP contribution is 2.21. The summed E-state index contributed by atoms with van der Waals surface area (Å²) in [4.78, 5) is 37.1. The second-order valence-corrected chi connectivity index (χ2v) is 3.90. The van der Waals surface area contributed by atoms with Gasteiger partial charge in [-0.3, -0.25) is 15.1 Å². The summed E-state index contributed by atoms with van der Waals surface area (Å²) in [7, 11) is 0. The molecule has 0 aliphatic heterocycles. The molecule has 0 saturated heterocycles. The number of carboxylic acids is 1. The van der Waals surface area contributed by atoms with E-state index in [4.69, 9.17) is 10.8 Å². The fourth-order valence-electron chi connectivity index (χ4n) is 1.68. The van der Waals surface area contributed by atoms with Gasteiger partial charge >= 0.3 is 12.0 Å². The minimum absolute atomic E-state index is 0.129. The summed E-state index contributed by atoms with van der Waals surface area (Å²) in [5.41, 5.74) is 5.12. The molecule has 0 aliphatic carbocycles. The second-order valence-electron chi connectivity index (χ2n) is 3.90. The predicted octanol–water partition coefficient (Wildman–Crippen LogP) is -0.767. The Hall–Kier alpha value is -3.30. The molecular weight excluding hydrogens is 280 g/mol. The number of carbonyl (C=O) groups is 3. The molecule has 2 aromatic heterocycles. The molecular formula is C11H10N6O4. The molecule has 2 aromatic rings. The number of hydrogen-bond acceptors (Lipinski definition) is 6. The fourth-order valence-corrected chi connectivity index (χ4v) is 1.68. The van der Waals surface area contributed by atoms with Crippen LogP contribution < -0.4 is 11.1 Å². The Morgan fingerprint density at radius 3 is 2.52 bits per heavy atom. The van der Waals surface area contributed by atoms with Crippen molar-refractivity contribution >= 4 is 17.9 Å². The average Bonchev–Trinajstić information content (AvgIpc) is 2.82. The molecule has 21 heavy (non-hydrogen) atoms. The van der Waals surface area contributed by atoms with E-state index in [2.05, 4.69) is 15.3 Å². The standard InChI is InChI=1S/C11H10N6O4/c12-11(21)14-7(18)5-17-9(6-1-3-13-4-2-6)8(10(19)20)15-16-17/h1-4H,5H2,(H,19,20)(H3,12,14,18,21). The number of carboxylic acid groups (broad SMARTS) is 1. The predicted molar refractivity (Wildman–Crippen MR) is 67.9 cm³/mol. The van der Waals surface area contributed by atoms with E-state index in [1.807, 2.05) is 5.32 Å². The van der Waals surface area contributed by atoms with E-state index in [0.29, 0.717) is 5.56 Å². The normalized spacial score (nSPS) is 10.1. The number of urea groups is 1. The van der Waals surface area contributed by atoms with Gasteiger partial charge in [-0.15, -0.1) is 5.10 Å². The molecule has 10 heteroatoms. The topological polar surface area (TPSA) is 153 Å². The van der Waals surface area contributed by atoms with Crippen LogP contribution in [0.3, 0.4) is 0 Å². The number of carbonyl (C=O) groups excluding carboxylic acids is 2. The maximum absolute atomic E-state index is 11.5. The third-order valence-electron chi connectivity index (χ3n) is 2.45. The molecule has 0 aromatic carbocycles. The van der Waals surface area contributed by atoms with Crippen molar-refractivity contribution < 1.29 is 19.5 Å². The number of nitrogens with two attached hydrogens (primary N) is 1. The lowest BCUT2D eigenvalue weighted by Crippen LogP contribution is -2.37. The first kappa shape index (κ1) is 14.1. The smallest absolute Gasteiger partial charge is 0.358 e. The van der Waals surface area contributed by atoms with Crippen LogP contribution in [0.1, 0.15) is 10.5 Å². The highest BCUT2D eigenvalue weighted by Gasteiger charge is 2.22. The van der Waals surface area contributed by atoms with Gasteiger partial charge in [0, 0.05) is 18.0 Å². The summed E-state index contributed by atoms with van der Waals surface area (Å²) in [5, 5.41) is 18.1. The van der Waals surface area contributed by atoms with Crippen molar-refractivity contribution in [3.63, 3.8) is 0 Å². The zero-order chi connectivity index (χ0) is 15.4. The van der Waals surface area contributed by atoms with Crippen LogP contribution >= 0.6 is 0 Å². The number of nitrogens with zero attached hydrogens (tertiary/aromatic N) is 4. The highest BCUT2D eigenvalue weighted by molar-refractivity contribution is 5.95. The summed E-state index contributed by atoms with van der Waals surface area (Å²) in [6.45, 7) is -0.402. The van der Waals surface area contributed by atoms with E-state index in [-0.39, 0.29) is 11.4 Å². The molecule has 0 radical (unpaired) electrons. The van der Waals surface area contributed by atoms with Crippen LogP contribution in [0.2, 0.25) is 0 Å². The van der Waals surface area contributed by atoms with E-state index in [1.54, 1.807) is 12.1 Å². The number of primary amides is 1. The van der Waals surface area contributed by atoms with Crippen LogP contribution in [0.4, 0.5) is 4.79 Å². The third kappa shape index (κ3) is 3.18. The van der Waals surface area contributed by atoms with Crippen molar-refractivity contribution in [2.45, 2.75) is 6.54 Å². The lowest BCUT2D eigenvalue weighted by atomic mass is 10.1. The molecule has 0 spiro atoms. The minimum atomic E-state index is -1.29. The van der Waals surface area contributed by atoms with Gasteiger partial charge in [0.1, 0.15) is 12.2 Å². The second kappa shape index (κ2) is 5.77. The number of pyridine rings is 1. The summed E-state index contributed by atoms with van der Waals surface area (Å²) in [5.74, 6) is -2.02. The van der Waals surface area contributed by atoms with Gasteiger partial charge < -0.3 is 10.8 Å². The maximum Gasteiger partial charge on any atom is 0.358 e. The van der Waals surface area contributed by atoms with E-state index in [0.717, 1.165) is 4.68 Å². The number of amides is 3. The monoisotopic (exact) mass is 290 g/mol. The molecule has 0 fully saturated rings. The Kier molecular flexibility index (Phi) is 3.88. The van der Waals surface area contributed by atoms with Gasteiger partial charge in [-0.25, -0.2) is 14.3 Å². The lowest BCUT2D eigenvalue weighted by molar-refractivity contribution is -0.120. The number of nitrogens with one attached hydrogen (secondary N) is 1. The summed E-state index contributed by atoms with van der Waals surface area (Å²) in [6, 6.07) is 2.09.